The first-order chi connectivity index (χ1) is 9.72. The first kappa shape index (κ1) is 14.8. The maximum atomic E-state index is 5.88. The van der Waals surface area contributed by atoms with E-state index in [1.54, 1.807) is 0 Å². The number of rotatable bonds is 8. The number of hydrogen-bond acceptors (Lipinski definition) is 3. The molecule has 1 heterocycles. The predicted octanol–water partition coefficient (Wildman–Crippen LogP) is 3.68. The monoisotopic (exact) mass is 273 g/mol. The van der Waals surface area contributed by atoms with Crippen LogP contribution in [0.2, 0.25) is 0 Å². The van der Waals surface area contributed by atoms with Crippen LogP contribution in [0.15, 0.2) is 40.8 Å². The van der Waals surface area contributed by atoms with Crippen LogP contribution in [0.4, 0.5) is 0 Å². The second-order valence-electron chi connectivity index (χ2n) is 5.04. The summed E-state index contributed by atoms with van der Waals surface area (Å²) in [5.74, 6) is 1.07. The van der Waals surface area contributed by atoms with Gasteiger partial charge in [0.15, 0.2) is 0 Å². The summed E-state index contributed by atoms with van der Waals surface area (Å²) in [5, 5.41) is 4.62. The number of nitrogens with one attached hydrogen (secondary N) is 1. The molecule has 0 unspecified atom stereocenters. The average Bonchev–Trinajstić information content (AvgIpc) is 2.80. The summed E-state index contributed by atoms with van der Waals surface area (Å²) in [6.45, 7) is 10.9. The Morgan fingerprint density at radius 1 is 1.35 bits per heavy atom. The fraction of sp³-hybridized carbons (Fsp3) is 0.412. The number of para-hydroxylation sites is 1. The molecule has 0 atom stereocenters. The molecule has 0 aliphatic carbocycles. The van der Waals surface area contributed by atoms with Crippen molar-refractivity contribution in [3.8, 4) is 0 Å². The third-order valence-corrected chi connectivity index (χ3v) is 3.18. The molecule has 108 valence electrons. The van der Waals surface area contributed by atoms with Gasteiger partial charge in [-0.25, -0.2) is 0 Å². The lowest BCUT2D eigenvalue weighted by molar-refractivity contribution is 0.157. The molecule has 0 bridgehead atoms. The van der Waals surface area contributed by atoms with Gasteiger partial charge in [-0.15, -0.1) is 0 Å². The molecule has 0 saturated heterocycles. The number of ether oxygens (including phenoxy) is 1. The van der Waals surface area contributed by atoms with Crippen molar-refractivity contribution in [3.05, 3.63) is 47.7 Å². The lowest BCUT2D eigenvalue weighted by atomic mass is 10.1. The van der Waals surface area contributed by atoms with Crippen molar-refractivity contribution in [2.24, 2.45) is 0 Å². The quantitative estimate of drug-likeness (QED) is 0.588. The van der Waals surface area contributed by atoms with Gasteiger partial charge in [-0.2, -0.15) is 0 Å². The number of furan rings is 1. The highest BCUT2D eigenvalue weighted by molar-refractivity contribution is 5.82. The van der Waals surface area contributed by atoms with E-state index in [9.17, 15) is 0 Å². The molecule has 0 aliphatic rings. The Morgan fingerprint density at radius 3 is 2.90 bits per heavy atom. The van der Waals surface area contributed by atoms with Crippen molar-refractivity contribution in [2.75, 3.05) is 19.8 Å². The molecule has 2 rings (SSSR count). The number of benzene rings is 1. The Kier molecular flexibility index (Phi) is 5.39. The minimum atomic E-state index is 0.635. The Bertz CT molecular complexity index is 571. The topological polar surface area (TPSA) is 34.4 Å². The molecule has 0 fully saturated rings. The molecule has 1 N–H and O–H groups in total. The fourth-order valence-corrected chi connectivity index (χ4v) is 2.23. The van der Waals surface area contributed by atoms with Gasteiger partial charge in [-0.1, -0.05) is 37.3 Å². The highest BCUT2D eigenvalue weighted by atomic mass is 16.5. The Hall–Kier alpha value is -1.58. The van der Waals surface area contributed by atoms with Gasteiger partial charge in [0.25, 0.3) is 0 Å². The summed E-state index contributed by atoms with van der Waals surface area (Å²) >= 11 is 0. The Balaban J connectivity index is 1.90. The summed E-state index contributed by atoms with van der Waals surface area (Å²) in [4.78, 5) is 0. The molecule has 1 aromatic carbocycles. The van der Waals surface area contributed by atoms with E-state index in [2.05, 4.69) is 31.0 Å². The lowest BCUT2D eigenvalue weighted by Crippen LogP contribution is -2.20. The van der Waals surface area contributed by atoms with E-state index in [1.807, 2.05) is 19.1 Å². The summed E-state index contributed by atoms with van der Waals surface area (Å²) in [6, 6.07) is 8.20. The van der Waals surface area contributed by atoms with Gasteiger partial charge in [0.05, 0.1) is 13.2 Å². The van der Waals surface area contributed by atoms with Gasteiger partial charge in [-0.05, 0) is 13.0 Å². The van der Waals surface area contributed by atoms with Gasteiger partial charge in [0.2, 0.25) is 0 Å². The maximum Gasteiger partial charge on any atom is 0.134 e. The van der Waals surface area contributed by atoms with Crippen LogP contribution in [0, 0.1) is 0 Å². The van der Waals surface area contributed by atoms with E-state index in [0.717, 1.165) is 36.4 Å². The van der Waals surface area contributed by atoms with Crippen LogP contribution in [0.3, 0.4) is 0 Å². The molecule has 0 amide bonds. The second kappa shape index (κ2) is 7.27. The largest absolute Gasteiger partial charge is 0.461 e. The fourth-order valence-electron chi connectivity index (χ4n) is 2.23. The van der Waals surface area contributed by atoms with E-state index in [1.165, 1.54) is 10.9 Å². The van der Waals surface area contributed by atoms with Crippen molar-refractivity contribution in [3.63, 3.8) is 0 Å². The van der Waals surface area contributed by atoms with E-state index in [4.69, 9.17) is 9.15 Å². The molecule has 3 nitrogen and oxygen atoms in total. The maximum absolute atomic E-state index is 5.88. The van der Waals surface area contributed by atoms with Crippen molar-refractivity contribution in [1.82, 2.24) is 5.32 Å². The van der Waals surface area contributed by atoms with Gasteiger partial charge in [-0.3, -0.25) is 0 Å². The van der Waals surface area contributed by atoms with Crippen LogP contribution in [0.25, 0.3) is 11.0 Å². The molecule has 0 aliphatic heterocycles. The summed E-state index contributed by atoms with van der Waals surface area (Å²) in [7, 11) is 0. The minimum absolute atomic E-state index is 0.635. The SMILES string of the molecule is C=C(C)COCCNCc1c(CC)oc2ccccc12. The molecule has 0 saturated carbocycles. The third-order valence-electron chi connectivity index (χ3n) is 3.18. The molecule has 20 heavy (non-hydrogen) atoms. The van der Waals surface area contributed by atoms with Gasteiger partial charge < -0.3 is 14.5 Å². The Labute approximate surface area is 120 Å². The zero-order valence-corrected chi connectivity index (χ0v) is 12.4. The van der Waals surface area contributed by atoms with E-state index < -0.39 is 0 Å². The van der Waals surface area contributed by atoms with Crippen LogP contribution in [-0.4, -0.2) is 19.8 Å². The van der Waals surface area contributed by atoms with Crippen molar-refractivity contribution >= 4 is 11.0 Å². The average molecular weight is 273 g/mol. The first-order valence-electron chi connectivity index (χ1n) is 7.14. The van der Waals surface area contributed by atoms with Crippen molar-refractivity contribution in [1.29, 1.82) is 0 Å². The lowest BCUT2D eigenvalue weighted by Gasteiger charge is -2.06. The predicted molar refractivity (Wildman–Crippen MR) is 82.9 cm³/mol. The molecular weight excluding hydrogens is 250 g/mol. The zero-order valence-electron chi connectivity index (χ0n) is 12.4. The minimum Gasteiger partial charge on any atom is -0.461 e. The second-order valence-corrected chi connectivity index (χ2v) is 5.04. The Morgan fingerprint density at radius 2 is 2.15 bits per heavy atom. The zero-order chi connectivity index (χ0) is 14.4. The van der Waals surface area contributed by atoms with E-state index >= 15 is 0 Å². The standard InChI is InChI=1S/C17H23NO2/c1-4-16-15(11-18-9-10-19-12-13(2)3)14-7-5-6-8-17(14)20-16/h5-8,18H,2,4,9-12H2,1,3H3. The molecular formula is C17H23NO2. The summed E-state index contributed by atoms with van der Waals surface area (Å²) < 4.78 is 11.3. The van der Waals surface area contributed by atoms with Gasteiger partial charge in [0.1, 0.15) is 11.3 Å². The van der Waals surface area contributed by atoms with Crippen LogP contribution >= 0.6 is 0 Å². The molecule has 0 radical (unpaired) electrons. The van der Waals surface area contributed by atoms with Crippen LogP contribution in [0.1, 0.15) is 25.2 Å². The van der Waals surface area contributed by atoms with Crippen molar-refractivity contribution < 1.29 is 9.15 Å². The van der Waals surface area contributed by atoms with Crippen LogP contribution in [-0.2, 0) is 17.7 Å². The van der Waals surface area contributed by atoms with Gasteiger partial charge >= 0.3 is 0 Å². The summed E-state index contributed by atoms with van der Waals surface area (Å²) in [5.41, 5.74) is 3.29. The highest BCUT2D eigenvalue weighted by Gasteiger charge is 2.11. The number of hydrogen-bond donors (Lipinski definition) is 1. The van der Waals surface area contributed by atoms with Crippen molar-refractivity contribution in [2.45, 2.75) is 26.8 Å². The summed E-state index contributed by atoms with van der Waals surface area (Å²) in [6.07, 6.45) is 0.915. The number of aryl methyl sites for hydroxylation is 1. The molecule has 2 aromatic rings. The molecule has 0 spiro atoms. The smallest absolute Gasteiger partial charge is 0.134 e. The molecule has 3 heteroatoms. The normalized spacial score (nSPS) is 11.1. The van der Waals surface area contributed by atoms with Gasteiger partial charge in [0, 0.05) is 30.5 Å². The molecule has 1 aromatic heterocycles. The highest BCUT2D eigenvalue weighted by Crippen LogP contribution is 2.25. The van der Waals surface area contributed by atoms with Crippen LogP contribution < -0.4 is 5.32 Å². The van der Waals surface area contributed by atoms with E-state index in [0.29, 0.717) is 13.2 Å². The first-order valence-corrected chi connectivity index (χ1v) is 7.14. The van der Waals surface area contributed by atoms with E-state index in [-0.39, 0.29) is 0 Å². The third kappa shape index (κ3) is 3.71. The number of fused-ring (bicyclic) bond motifs is 1. The van der Waals surface area contributed by atoms with Crippen LogP contribution in [0.5, 0.6) is 0 Å².